The van der Waals surface area contributed by atoms with E-state index in [1.165, 1.54) is 18.2 Å². The van der Waals surface area contributed by atoms with E-state index < -0.39 is 5.97 Å². The summed E-state index contributed by atoms with van der Waals surface area (Å²) in [6.45, 7) is 0. The fourth-order valence-electron chi connectivity index (χ4n) is 2.21. The van der Waals surface area contributed by atoms with Crippen molar-refractivity contribution in [2.75, 3.05) is 0 Å². The molecule has 0 aromatic heterocycles. The smallest absolute Gasteiger partial charge is 0.335 e. The van der Waals surface area contributed by atoms with Gasteiger partial charge in [-0.1, -0.05) is 36.4 Å². The fraction of sp³-hybridized carbons (Fsp3) is 0. The van der Waals surface area contributed by atoms with Crippen molar-refractivity contribution in [2.24, 2.45) is 0 Å². The summed E-state index contributed by atoms with van der Waals surface area (Å²) in [4.78, 5) is 32.6. The second kappa shape index (κ2) is 6.19. The first-order valence-electron chi connectivity index (χ1n) is 6.84. The minimum absolute atomic E-state index is 0.00427. The third kappa shape index (κ3) is 2.98. The van der Waals surface area contributed by atoms with E-state index in [1.807, 2.05) is 36.4 Å². The molecule has 3 aromatic carbocycles. The van der Waals surface area contributed by atoms with E-state index in [4.69, 9.17) is 14.9 Å². The second-order valence-corrected chi connectivity index (χ2v) is 4.82. The van der Waals surface area contributed by atoms with Gasteiger partial charge >= 0.3 is 5.97 Å². The Balaban J connectivity index is 1.88. The molecule has 0 fully saturated rings. The van der Waals surface area contributed by atoms with Crippen LogP contribution in [0.1, 0.15) is 20.7 Å². The Labute approximate surface area is 131 Å². The molecule has 0 atom stereocenters. The number of hydrogen-bond acceptors (Lipinski definition) is 4. The Bertz CT molecular complexity index is 880. The highest BCUT2D eigenvalue weighted by Crippen LogP contribution is 2.27. The van der Waals surface area contributed by atoms with Gasteiger partial charge in [-0.15, -0.1) is 0 Å². The number of aromatic carboxylic acids is 1. The van der Waals surface area contributed by atoms with Crippen LogP contribution in [0.25, 0.3) is 10.8 Å². The molecule has 5 nitrogen and oxygen atoms in total. The molecular weight excluding hydrogens is 296 g/mol. The van der Waals surface area contributed by atoms with E-state index in [0.717, 1.165) is 10.8 Å². The Morgan fingerprint density at radius 3 is 2.43 bits per heavy atom. The molecule has 0 aliphatic rings. The van der Waals surface area contributed by atoms with Gasteiger partial charge in [-0.25, -0.2) is 4.79 Å². The number of carboxylic acids is 1. The van der Waals surface area contributed by atoms with E-state index in [2.05, 4.69) is 0 Å². The highest BCUT2D eigenvalue weighted by Gasteiger charge is 2.11. The Kier molecular flexibility index (Phi) is 3.93. The minimum Gasteiger partial charge on any atom is -0.478 e. The maximum Gasteiger partial charge on any atom is 0.335 e. The highest BCUT2D eigenvalue weighted by atomic mass is 17.2. The van der Waals surface area contributed by atoms with Crippen LogP contribution in [0.2, 0.25) is 0 Å². The summed E-state index contributed by atoms with van der Waals surface area (Å²) in [5.74, 6) is -0.463. The van der Waals surface area contributed by atoms with Crippen LogP contribution in [-0.2, 0) is 0 Å². The zero-order chi connectivity index (χ0) is 16.2. The molecule has 0 heterocycles. The normalized spacial score (nSPS) is 10.3. The van der Waals surface area contributed by atoms with Crippen LogP contribution in [-0.4, -0.2) is 17.4 Å². The number of rotatable bonds is 5. The Morgan fingerprint density at radius 1 is 0.913 bits per heavy atom. The predicted molar refractivity (Wildman–Crippen MR) is 84.0 cm³/mol. The molecule has 0 spiro atoms. The van der Waals surface area contributed by atoms with Crippen LogP contribution in [0.4, 0.5) is 0 Å². The van der Waals surface area contributed by atoms with Crippen LogP contribution in [0.3, 0.4) is 0 Å². The zero-order valence-electron chi connectivity index (χ0n) is 11.9. The molecule has 0 bridgehead atoms. The van der Waals surface area contributed by atoms with Gasteiger partial charge < -0.3 is 5.11 Å². The first kappa shape index (κ1) is 14.6. The maximum atomic E-state index is 11.1. The van der Waals surface area contributed by atoms with Gasteiger partial charge in [0.05, 0.1) is 11.1 Å². The third-order valence-electron chi connectivity index (χ3n) is 3.35. The summed E-state index contributed by atoms with van der Waals surface area (Å²) in [5, 5.41) is 10.8. The standard InChI is InChI=1S/C18H12O5/c19-11-14-10-13(18(20)21)8-9-16(14)22-23-17-7-3-5-12-4-1-2-6-15(12)17/h1-11H,(H,20,21). The molecule has 0 aliphatic heterocycles. The van der Waals surface area contributed by atoms with Crippen molar-refractivity contribution in [2.45, 2.75) is 0 Å². The lowest BCUT2D eigenvalue weighted by Gasteiger charge is -2.10. The summed E-state index contributed by atoms with van der Waals surface area (Å²) in [6.07, 6.45) is 0.522. The average Bonchev–Trinajstić information content (AvgIpc) is 2.59. The molecule has 1 N–H and O–H groups in total. The molecule has 0 saturated heterocycles. The Hall–Kier alpha value is -3.34. The molecule has 114 valence electrons. The quantitative estimate of drug-likeness (QED) is 0.442. The van der Waals surface area contributed by atoms with Crippen molar-refractivity contribution >= 4 is 23.0 Å². The number of carbonyl (C=O) groups excluding carboxylic acids is 1. The van der Waals surface area contributed by atoms with Gasteiger partial charge in [0.25, 0.3) is 0 Å². The molecule has 23 heavy (non-hydrogen) atoms. The molecule has 0 radical (unpaired) electrons. The number of benzene rings is 3. The molecule has 0 unspecified atom stereocenters. The van der Waals surface area contributed by atoms with Crippen LogP contribution < -0.4 is 9.78 Å². The number of aldehydes is 1. The van der Waals surface area contributed by atoms with E-state index in [-0.39, 0.29) is 16.9 Å². The summed E-state index contributed by atoms with van der Waals surface area (Å²) < 4.78 is 0. The summed E-state index contributed by atoms with van der Waals surface area (Å²) in [7, 11) is 0. The van der Waals surface area contributed by atoms with Gasteiger partial charge in [-0.3, -0.25) is 14.6 Å². The molecule has 3 rings (SSSR count). The first-order valence-corrected chi connectivity index (χ1v) is 6.84. The van der Waals surface area contributed by atoms with Gasteiger partial charge in [0.15, 0.2) is 17.8 Å². The highest BCUT2D eigenvalue weighted by molar-refractivity contribution is 5.91. The van der Waals surface area contributed by atoms with Crippen molar-refractivity contribution in [3.63, 3.8) is 0 Å². The summed E-state index contributed by atoms with van der Waals surface area (Å²) in [6, 6.07) is 17.1. The lowest BCUT2D eigenvalue weighted by atomic mass is 10.1. The SMILES string of the molecule is O=Cc1cc(C(=O)O)ccc1OOc1cccc2ccccc12. The van der Waals surface area contributed by atoms with Crippen LogP contribution in [0, 0.1) is 0 Å². The van der Waals surface area contributed by atoms with Crippen molar-refractivity contribution in [1.82, 2.24) is 0 Å². The maximum absolute atomic E-state index is 11.1. The van der Waals surface area contributed by atoms with Gasteiger partial charge in [0.2, 0.25) is 0 Å². The molecule has 5 heteroatoms. The summed E-state index contributed by atoms with van der Waals surface area (Å²) in [5.41, 5.74) is 0.106. The topological polar surface area (TPSA) is 72.8 Å². The number of carbonyl (C=O) groups is 2. The molecule has 0 aliphatic carbocycles. The van der Waals surface area contributed by atoms with Crippen molar-refractivity contribution in [3.8, 4) is 11.5 Å². The monoisotopic (exact) mass is 308 g/mol. The van der Waals surface area contributed by atoms with E-state index in [9.17, 15) is 9.59 Å². The lowest BCUT2D eigenvalue weighted by molar-refractivity contribution is -0.0987. The number of carboxylic acid groups (broad SMARTS) is 1. The van der Waals surface area contributed by atoms with Crippen molar-refractivity contribution in [3.05, 3.63) is 71.8 Å². The van der Waals surface area contributed by atoms with E-state index in [0.29, 0.717) is 12.0 Å². The summed E-state index contributed by atoms with van der Waals surface area (Å²) >= 11 is 0. The number of fused-ring (bicyclic) bond motifs is 1. The average molecular weight is 308 g/mol. The fourth-order valence-corrected chi connectivity index (χ4v) is 2.21. The van der Waals surface area contributed by atoms with Crippen LogP contribution >= 0.6 is 0 Å². The van der Waals surface area contributed by atoms with Gasteiger partial charge in [0, 0.05) is 5.39 Å². The predicted octanol–water partition coefficient (Wildman–Crippen LogP) is 3.72. The van der Waals surface area contributed by atoms with Crippen molar-refractivity contribution < 1.29 is 24.5 Å². The molecule has 0 amide bonds. The minimum atomic E-state index is -1.12. The third-order valence-corrected chi connectivity index (χ3v) is 3.35. The van der Waals surface area contributed by atoms with Crippen LogP contribution in [0.15, 0.2) is 60.7 Å². The molecular formula is C18H12O5. The van der Waals surface area contributed by atoms with E-state index in [1.54, 1.807) is 6.07 Å². The second-order valence-electron chi connectivity index (χ2n) is 4.82. The zero-order valence-corrected chi connectivity index (χ0v) is 11.9. The molecule has 3 aromatic rings. The van der Waals surface area contributed by atoms with Gasteiger partial charge in [-0.2, -0.15) is 0 Å². The van der Waals surface area contributed by atoms with Gasteiger partial charge in [-0.05, 0) is 29.7 Å². The lowest BCUT2D eigenvalue weighted by Crippen LogP contribution is -2.05. The van der Waals surface area contributed by atoms with Crippen LogP contribution in [0.5, 0.6) is 11.5 Å². The molecule has 0 saturated carbocycles. The van der Waals surface area contributed by atoms with Gasteiger partial charge in [0.1, 0.15) is 0 Å². The Morgan fingerprint density at radius 2 is 1.65 bits per heavy atom. The van der Waals surface area contributed by atoms with Crippen molar-refractivity contribution in [1.29, 1.82) is 0 Å². The van der Waals surface area contributed by atoms with E-state index >= 15 is 0 Å². The number of hydrogen-bond donors (Lipinski definition) is 1. The first-order chi connectivity index (χ1) is 11.2. The largest absolute Gasteiger partial charge is 0.478 e.